The van der Waals surface area contributed by atoms with Gasteiger partial charge in [-0.25, -0.2) is 15.0 Å². The second-order valence-corrected chi connectivity index (χ2v) is 17.1. The van der Waals surface area contributed by atoms with Gasteiger partial charge in [-0.05, 0) is 82.6 Å². The molecule has 6 nitrogen and oxygen atoms in total. The molecular weight excluding hydrogens is 819 g/mol. The maximum absolute atomic E-state index is 6.99. The van der Waals surface area contributed by atoms with Crippen LogP contribution >= 0.6 is 0 Å². The van der Waals surface area contributed by atoms with E-state index in [2.05, 4.69) is 215 Å². The van der Waals surface area contributed by atoms with Crippen LogP contribution in [-0.2, 0) is 0 Å². The Morgan fingerprint density at radius 2 is 0.910 bits per heavy atom. The van der Waals surface area contributed by atoms with Crippen molar-refractivity contribution in [1.82, 2.24) is 24.1 Å². The van der Waals surface area contributed by atoms with E-state index < -0.39 is 0 Å². The molecule has 0 aliphatic heterocycles. The summed E-state index contributed by atoms with van der Waals surface area (Å²) in [5.41, 5.74) is 12.9. The predicted octanol–water partition coefficient (Wildman–Crippen LogP) is 15.8. The van der Waals surface area contributed by atoms with E-state index in [0.717, 1.165) is 88.4 Å². The molecule has 0 aliphatic rings. The minimum atomic E-state index is 0.528. The smallest absolute Gasteiger partial charge is 0.167 e. The molecule has 6 heteroatoms. The molecule has 0 amide bonds. The number of benzene rings is 10. The van der Waals surface area contributed by atoms with Gasteiger partial charge in [-0.1, -0.05) is 164 Å². The standard InChI is InChI=1S/C61H37N5O/c1-3-16-38(17-4-1)39-30-32-40(33-31-39)59-62-60(47-25-15-28-52-56(47)45-23-10-13-27-51(45)65(52)43-20-5-2-6-21-43)64-61(63-59)48-34-35-53(57-46-24-11-14-29-55(46)67-58(48)57)66-50-26-12-9-22-44(50)49-36-41-18-7-8-19-42(41)37-54(49)66/h1-37H. The molecule has 14 aromatic rings. The quantitative estimate of drug-likeness (QED) is 0.167. The van der Waals surface area contributed by atoms with Crippen LogP contribution in [0.4, 0.5) is 0 Å². The van der Waals surface area contributed by atoms with Gasteiger partial charge in [0.05, 0.1) is 38.7 Å². The number of para-hydroxylation sites is 4. The van der Waals surface area contributed by atoms with Crippen molar-refractivity contribution in [3.8, 4) is 56.7 Å². The maximum Gasteiger partial charge on any atom is 0.167 e. The summed E-state index contributed by atoms with van der Waals surface area (Å²) in [7, 11) is 0. The van der Waals surface area contributed by atoms with Crippen LogP contribution in [0, 0.1) is 0 Å². The van der Waals surface area contributed by atoms with Crippen molar-refractivity contribution in [3.63, 3.8) is 0 Å². The van der Waals surface area contributed by atoms with Gasteiger partial charge in [-0.15, -0.1) is 0 Å². The molecular formula is C61H37N5O. The van der Waals surface area contributed by atoms with Gasteiger partial charge in [0, 0.05) is 43.7 Å². The summed E-state index contributed by atoms with van der Waals surface area (Å²) < 4.78 is 11.7. The normalized spacial score (nSPS) is 11.9. The number of hydrogen-bond acceptors (Lipinski definition) is 4. The Morgan fingerprint density at radius 3 is 1.70 bits per heavy atom. The number of hydrogen-bond donors (Lipinski definition) is 0. The topological polar surface area (TPSA) is 61.7 Å². The third kappa shape index (κ3) is 5.80. The third-order valence-corrected chi connectivity index (χ3v) is 13.4. The van der Waals surface area contributed by atoms with Crippen molar-refractivity contribution in [2.75, 3.05) is 0 Å². The van der Waals surface area contributed by atoms with E-state index in [1.165, 1.54) is 21.5 Å². The van der Waals surface area contributed by atoms with E-state index in [-0.39, 0.29) is 0 Å². The molecule has 0 radical (unpaired) electrons. The van der Waals surface area contributed by atoms with Crippen LogP contribution in [0.15, 0.2) is 229 Å². The fourth-order valence-corrected chi connectivity index (χ4v) is 10.3. The summed E-state index contributed by atoms with van der Waals surface area (Å²) >= 11 is 0. The number of furan rings is 1. The summed E-state index contributed by atoms with van der Waals surface area (Å²) in [6.07, 6.45) is 0. The second-order valence-electron chi connectivity index (χ2n) is 17.1. The van der Waals surface area contributed by atoms with Crippen molar-refractivity contribution < 1.29 is 4.42 Å². The highest BCUT2D eigenvalue weighted by Crippen LogP contribution is 2.44. The summed E-state index contributed by atoms with van der Waals surface area (Å²) in [4.78, 5) is 16.2. The van der Waals surface area contributed by atoms with Crippen LogP contribution in [0.2, 0.25) is 0 Å². The van der Waals surface area contributed by atoms with Gasteiger partial charge < -0.3 is 13.6 Å². The zero-order valence-corrected chi connectivity index (χ0v) is 36.0. The maximum atomic E-state index is 6.99. The SMILES string of the molecule is c1ccc(-c2ccc(-c3nc(-c4ccc(-n5c6ccccc6c6cc7ccccc7cc65)c5c4oc4ccccc45)nc(-c4cccc5c4c4ccccc4n5-c4ccccc4)n3)cc2)cc1. The van der Waals surface area contributed by atoms with Gasteiger partial charge in [0.2, 0.25) is 0 Å². The number of fused-ring (bicyclic) bond motifs is 10. The first-order valence-corrected chi connectivity index (χ1v) is 22.6. The Kier molecular flexibility index (Phi) is 8.18. The largest absolute Gasteiger partial charge is 0.455 e. The Balaban J connectivity index is 1.04. The molecule has 0 aliphatic carbocycles. The highest BCUT2D eigenvalue weighted by molar-refractivity contribution is 6.19. The first-order chi connectivity index (χ1) is 33.2. The monoisotopic (exact) mass is 855 g/mol. The molecule has 14 rings (SSSR count). The Morgan fingerprint density at radius 1 is 0.328 bits per heavy atom. The molecule has 0 N–H and O–H groups in total. The summed E-state index contributed by atoms with van der Waals surface area (Å²) in [5.74, 6) is 1.68. The lowest BCUT2D eigenvalue weighted by Crippen LogP contribution is -2.02. The number of rotatable bonds is 6. The first-order valence-electron chi connectivity index (χ1n) is 22.6. The van der Waals surface area contributed by atoms with Crippen molar-refractivity contribution >= 4 is 76.3 Å². The van der Waals surface area contributed by atoms with E-state index in [4.69, 9.17) is 19.4 Å². The summed E-state index contributed by atoms with van der Waals surface area (Å²) in [6, 6.07) is 79.0. The molecule has 0 fully saturated rings. The Labute approximate surface area is 384 Å². The predicted molar refractivity (Wildman–Crippen MR) is 275 cm³/mol. The van der Waals surface area contributed by atoms with Gasteiger partial charge in [0.1, 0.15) is 11.2 Å². The van der Waals surface area contributed by atoms with Crippen LogP contribution in [0.25, 0.3) is 133 Å². The lowest BCUT2D eigenvalue weighted by atomic mass is 10.0. The van der Waals surface area contributed by atoms with E-state index >= 15 is 0 Å². The van der Waals surface area contributed by atoms with E-state index in [9.17, 15) is 0 Å². The van der Waals surface area contributed by atoms with Crippen molar-refractivity contribution in [2.45, 2.75) is 0 Å². The van der Waals surface area contributed by atoms with Gasteiger partial charge in [0.15, 0.2) is 17.5 Å². The minimum Gasteiger partial charge on any atom is -0.455 e. The molecule has 0 atom stereocenters. The van der Waals surface area contributed by atoms with Crippen molar-refractivity contribution in [2.24, 2.45) is 0 Å². The first kappa shape index (κ1) is 37.3. The third-order valence-electron chi connectivity index (χ3n) is 13.4. The molecule has 10 aromatic carbocycles. The molecule has 4 aromatic heterocycles. The van der Waals surface area contributed by atoms with Crippen LogP contribution in [0.3, 0.4) is 0 Å². The van der Waals surface area contributed by atoms with Gasteiger partial charge in [-0.2, -0.15) is 0 Å². The van der Waals surface area contributed by atoms with E-state index in [1.807, 2.05) is 18.2 Å². The average Bonchev–Trinajstić information content (AvgIpc) is 4.06. The average molecular weight is 856 g/mol. The Hall–Kier alpha value is -9.13. The van der Waals surface area contributed by atoms with Gasteiger partial charge in [0.25, 0.3) is 0 Å². The molecule has 4 heterocycles. The molecule has 312 valence electrons. The lowest BCUT2D eigenvalue weighted by molar-refractivity contribution is 0.669. The van der Waals surface area contributed by atoms with E-state index in [1.54, 1.807) is 0 Å². The van der Waals surface area contributed by atoms with Crippen LogP contribution in [-0.4, -0.2) is 24.1 Å². The highest BCUT2D eigenvalue weighted by atomic mass is 16.3. The fraction of sp³-hybridized carbons (Fsp3) is 0. The number of aromatic nitrogens is 5. The van der Waals surface area contributed by atoms with Crippen LogP contribution in [0.5, 0.6) is 0 Å². The Bertz CT molecular complexity index is 4260. The zero-order chi connectivity index (χ0) is 44.0. The fourth-order valence-electron chi connectivity index (χ4n) is 10.3. The zero-order valence-electron chi connectivity index (χ0n) is 36.0. The summed E-state index contributed by atoms with van der Waals surface area (Å²) in [5, 5.41) is 9.01. The van der Waals surface area contributed by atoms with Crippen molar-refractivity contribution in [3.05, 3.63) is 224 Å². The van der Waals surface area contributed by atoms with Gasteiger partial charge in [-0.3, -0.25) is 0 Å². The van der Waals surface area contributed by atoms with Gasteiger partial charge >= 0.3 is 0 Å². The molecule has 0 unspecified atom stereocenters. The van der Waals surface area contributed by atoms with Crippen LogP contribution in [0.1, 0.15) is 0 Å². The minimum absolute atomic E-state index is 0.528. The second kappa shape index (κ2) is 14.7. The number of nitrogens with zero attached hydrogens (tertiary/aromatic N) is 5. The lowest BCUT2D eigenvalue weighted by Gasteiger charge is -2.13. The highest BCUT2D eigenvalue weighted by Gasteiger charge is 2.25. The van der Waals surface area contributed by atoms with Crippen LogP contribution < -0.4 is 0 Å². The molecule has 0 saturated heterocycles. The molecule has 0 bridgehead atoms. The summed E-state index contributed by atoms with van der Waals surface area (Å²) in [6.45, 7) is 0. The molecule has 0 spiro atoms. The van der Waals surface area contributed by atoms with E-state index in [0.29, 0.717) is 23.1 Å². The molecule has 67 heavy (non-hydrogen) atoms. The van der Waals surface area contributed by atoms with Crippen molar-refractivity contribution in [1.29, 1.82) is 0 Å². The molecule has 0 saturated carbocycles.